The zero-order valence-corrected chi connectivity index (χ0v) is 4.80. The number of aliphatic hydroxyl groups is 1. The molecule has 0 aromatic carbocycles. The molecule has 0 spiro atoms. The van der Waals surface area contributed by atoms with Crippen molar-refractivity contribution in [3.8, 4) is 0 Å². The number of β-amino-alcohol motifs (C(OH)–C–C–N with tert-alkyl or cyclic N) is 1. The fourth-order valence-corrected chi connectivity index (χ4v) is 0.790. The Hall–Kier alpha value is -0.120. The molecule has 2 N–H and O–H groups in total. The summed E-state index contributed by atoms with van der Waals surface area (Å²) in [4.78, 5) is 1.85. The second-order valence-electron chi connectivity index (χ2n) is 2.05. The third kappa shape index (κ3) is 1.43. The topological polar surface area (TPSA) is 35.5 Å². The van der Waals surface area contributed by atoms with Gasteiger partial charge in [0.1, 0.15) is 6.23 Å². The lowest BCUT2D eigenvalue weighted by molar-refractivity contribution is 0.0743. The molecule has 0 aromatic rings. The minimum Gasteiger partial charge on any atom is -0.377 e. The van der Waals surface area contributed by atoms with Gasteiger partial charge in [0.25, 0.3) is 0 Å². The van der Waals surface area contributed by atoms with Crippen LogP contribution >= 0.6 is 0 Å². The summed E-state index contributed by atoms with van der Waals surface area (Å²) in [5.41, 5.74) is 0. The van der Waals surface area contributed by atoms with E-state index in [0.717, 1.165) is 13.1 Å². The summed E-state index contributed by atoms with van der Waals surface area (Å²) in [6, 6.07) is 0. The van der Waals surface area contributed by atoms with Crippen molar-refractivity contribution in [1.82, 2.24) is 10.2 Å². The van der Waals surface area contributed by atoms with Crippen LogP contribution in [0, 0.1) is 7.05 Å². The van der Waals surface area contributed by atoms with Gasteiger partial charge >= 0.3 is 0 Å². The van der Waals surface area contributed by atoms with Gasteiger partial charge in [0.15, 0.2) is 0 Å². The Labute approximate surface area is 49.3 Å². The van der Waals surface area contributed by atoms with Crippen LogP contribution in [0.3, 0.4) is 0 Å². The van der Waals surface area contributed by atoms with Gasteiger partial charge < -0.3 is 5.11 Å². The number of hydrogen-bond acceptors (Lipinski definition) is 3. The molecule has 1 radical (unpaired) electrons. The van der Waals surface area contributed by atoms with Crippen LogP contribution in [0.2, 0.25) is 0 Å². The SMILES string of the molecule is [CH2]N1CCNC(O)C1. The fourth-order valence-electron chi connectivity index (χ4n) is 0.790. The van der Waals surface area contributed by atoms with Crippen molar-refractivity contribution in [3.05, 3.63) is 7.05 Å². The van der Waals surface area contributed by atoms with E-state index in [9.17, 15) is 0 Å². The third-order valence-corrected chi connectivity index (χ3v) is 1.24. The van der Waals surface area contributed by atoms with E-state index >= 15 is 0 Å². The molecule has 1 saturated heterocycles. The molecule has 1 unspecified atom stereocenters. The van der Waals surface area contributed by atoms with Crippen molar-refractivity contribution >= 4 is 0 Å². The van der Waals surface area contributed by atoms with E-state index in [0.29, 0.717) is 6.54 Å². The average Bonchev–Trinajstić information content (AvgIpc) is 1.64. The highest BCUT2D eigenvalue weighted by Crippen LogP contribution is 1.91. The molecule has 0 aromatic heterocycles. The van der Waals surface area contributed by atoms with Crippen LogP contribution in [0.25, 0.3) is 0 Å². The van der Waals surface area contributed by atoms with Crippen molar-refractivity contribution in [2.45, 2.75) is 6.23 Å². The van der Waals surface area contributed by atoms with Gasteiger partial charge in [-0.05, 0) is 0 Å². The molecule has 8 heavy (non-hydrogen) atoms. The number of hydrogen-bond donors (Lipinski definition) is 2. The van der Waals surface area contributed by atoms with Crippen molar-refractivity contribution in [1.29, 1.82) is 0 Å². The number of nitrogens with zero attached hydrogens (tertiary/aromatic N) is 1. The Kier molecular flexibility index (Phi) is 1.83. The Bertz CT molecular complexity index is 68.8. The molecule has 0 bridgehead atoms. The smallest absolute Gasteiger partial charge is 0.117 e. The van der Waals surface area contributed by atoms with Crippen LogP contribution in [0.4, 0.5) is 0 Å². The first-order valence-electron chi connectivity index (χ1n) is 2.76. The number of aliphatic hydroxyl groups excluding tert-OH is 1. The molecule has 1 fully saturated rings. The number of piperazine rings is 1. The van der Waals surface area contributed by atoms with E-state index < -0.39 is 0 Å². The molecule has 0 saturated carbocycles. The van der Waals surface area contributed by atoms with E-state index in [-0.39, 0.29) is 6.23 Å². The van der Waals surface area contributed by atoms with Gasteiger partial charge in [-0.15, -0.1) is 0 Å². The Morgan fingerprint density at radius 1 is 1.75 bits per heavy atom. The van der Waals surface area contributed by atoms with Crippen molar-refractivity contribution in [3.63, 3.8) is 0 Å². The Balaban J connectivity index is 2.23. The van der Waals surface area contributed by atoms with E-state index in [1.165, 1.54) is 0 Å². The summed E-state index contributed by atoms with van der Waals surface area (Å²) < 4.78 is 0. The van der Waals surface area contributed by atoms with Crippen LogP contribution in [-0.4, -0.2) is 35.9 Å². The lowest BCUT2D eigenvalue weighted by Crippen LogP contribution is -2.47. The minimum atomic E-state index is -0.374. The third-order valence-electron chi connectivity index (χ3n) is 1.24. The Morgan fingerprint density at radius 3 is 2.88 bits per heavy atom. The maximum Gasteiger partial charge on any atom is 0.117 e. The Morgan fingerprint density at radius 2 is 2.50 bits per heavy atom. The molecule has 1 rings (SSSR count). The maximum absolute atomic E-state index is 8.89. The zero-order chi connectivity index (χ0) is 5.98. The molecule has 1 aliphatic heterocycles. The van der Waals surface area contributed by atoms with E-state index in [1.807, 2.05) is 4.90 Å². The molecule has 3 heteroatoms. The van der Waals surface area contributed by atoms with Crippen LogP contribution in [0.15, 0.2) is 0 Å². The van der Waals surface area contributed by atoms with Crippen molar-refractivity contribution in [2.24, 2.45) is 0 Å². The summed E-state index contributed by atoms with van der Waals surface area (Å²) in [7, 11) is 3.68. The first-order valence-corrected chi connectivity index (χ1v) is 2.76. The molecule has 0 amide bonds. The standard InChI is InChI=1S/C5H11N2O/c1-7-3-2-6-5(8)4-7/h5-6,8H,1-4H2. The van der Waals surface area contributed by atoms with Gasteiger partial charge in [-0.3, -0.25) is 10.2 Å². The van der Waals surface area contributed by atoms with Gasteiger partial charge in [0.2, 0.25) is 0 Å². The maximum atomic E-state index is 8.89. The summed E-state index contributed by atoms with van der Waals surface area (Å²) in [5, 5.41) is 11.8. The lowest BCUT2D eigenvalue weighted by atomic mass is 10.4. The van der Waals surface area contributed by atoms with Crippen LogP contribution in [0.1, 0.15) is 0 Å². The van der Waals surface area contributed by atoms with Gasteiger partial charge in [-0.2, -0.15) is 0 Å². The monoisotopic (exact) mass is 115 g/mol. The van der Waals surface area contributed by atoms with Gasteiger partial charge in [-0.1, -0.05) is 0 Å². The lowest BCUT2D eigenvalue weighted by Gasteiger charge is -2.26. The van der Waals surface area contributed by atoms with Gasteiger partial charge in [-0.25, -0.2) is 0 Å². The molecular formula is C5H11N2O. The normalized spacial score (nSPS) is 33.0. The quantitative estimate of drug-likeness (QED) is 0.425. The second-order valence-corrected chi connectivity index (χ2v) is 2.05. The number of rotatable bonds is 0. The minimum absolute atomic E-state index is 0.374. The fraction of sp³-hybridized carbons (Fsp3) is 0.800. The molecule has 3 nitrogen and oxygen atoms in total. The predicted molar refractivity (Wildman–Crippen MR) is 30.9 cm³/mol. The highest BCUT2D eigenvalue weighted by molar-refractivity contribution is 4.69. The summed E-state index contributed by atoms with van der Waals surface area (Å²) in [6.45, 7) is 2.40. The van der Waals surface area contributed by atoms with Crippen molar-refractivity contribution < 1.29 is 5.11 Å². The highest BCUT2D eigenvalue weighted by atomic mass is 16.3. The van der Waals surface area contributed by atoms with Gasteiger partial charge in [0, 0.05) is 26.7 Å². The van der Waals surface area contributed by atoms with Crippen molar-refractivity contribution in [2.75, 3.05) is 19.6 Å². The van der Waals surface area contributed by atoms with Crippen LogP contribution in [-0.2, 0) is 0 Å². The highest BCUT2D eigenvalue weighted by Gasteiger charge is 2.11. The average molecular weight is 115 g/mol. The summed E-state index contributed by atoms with van der Waals surface area (Å²) in [5.74, 6) is 0. The first kappa shape index (κ1) is 6.01. The predicted octanol–water partition coefficient (Wildman–Crippen LogP) is -0.998. The summed E-state index contributed by atoms with van der Waals surface area (Å²) >= 11 is 0. The number of nitrogens with one attached hydrogen (secondary N) is 1. The summed E-state index contributed by atoms with van der Waals surface area (Å²) in [6.07, 6.45) is -0.374. The van der Waals surface area contributed by atoms with Crippen LogP contribution < -0.4 is 5.32 Å². The molecule has 0 aliphatic carbocycles. The molecular weight excluding hydrogens is 104 g/mol. The molecule has 1 atom stereocenters. The largest absolute Gasteiger partial charge is 0.377 e. The zero-order valence-electron chi connectivity index (χ0n) is 4.80. The first-order chi connectivity index (χ1) is 3.79. The van der Waals surface area contributed by atoms with Gasteiger partial charge in [0.05, 0.1) is 0 Å². The van der Waals surface area contributed by atoms with Crippen LogP contribution in [0.5, 0.6) is 0 Å². The molecule has 1 heterocycles. The van der Waals surface area contributed by atoms with E-state index in [4.69, 9.17) is 5.11 Å². The molecule has 47 valence electrons. The van der Waals surface area contributed by atoms with E-state index in [1.54, 1.807) is 0 Å². The van der Waals surface area contributed by atoms with E-state index in [2.05, 4.69) is 12.4 Å². The second kappa shape index (κ2) is 2.44. The molecule has 1 aliphatic rings.